The molecule has 2 saturated carbocycles. The van der Waals surface area contributed by atoms with E-state index >= 15 is 0 Å². The van der Waals surface area contributed by atoms with Crippen LogP contribution in [0.5, 0.6) is 5.75 Å². The summed E-state index contributed by atoms with van der Waals surface area (Å²) in [6, 6.07) is 12.7. The van der Waals surface area contributed by atoms with Crippen LogP contribution in [0.4, 0.5) is 4.39 Å². The topological polar surface area (TPSA) is 41.9 Å². The minimum absolute atomic E-state index is 0.0610. The minimum atomic E-state index is -0.266. The Hall–Kier alpha value is -2.12. The molecule has 2 aliphatic carbocycles. The van der Waals surface area contributed by atoms with Crippen LogP contribution >= 0.6 is 27.7 Å². The SMILES string of the molecule is O=C1C(=Cc2cc(Br)ccc2OCc2ccc(F)cc2)SC(=NC2CCCCC2)N1C1CCCCC1. The van der Waals surface area contributed by atoms with Gasteiger partial charge in [-0.3, -0.25) is 14.7 Å². The van der Waals surface area contributed by atoms with Crippen molar-refractivity contribution in [3.63, 3.8) is 0 Å². The second-order valence-electron chi connectivity index (χ2n) is 9.88. The zero-order chi connectivity index (χ0) is 24.9. The molecule has 0 bridgehead atoms. The summed E-state index contributed by atoms with van der Waals surface area (Å²) in [5, 5.41) is 0.883. The third-order valence-corrected chi connectivity index (χ3v) is 8.70. The quantitative estimate of drug-likeness (QED) is 0.329. The van der Waals surface area contributed by atoms with Crippen LogP contribution in [-0.4, -0.2) is 28.1 Å². The molecular formula is C29H32BrFN2O2S. The second-order valence-corrected chi connectivity index (χ2v) is 11.8. The van der Waals surface area contributed by atoms with Gasteiger partial charge in [0.2, 0.25) is 0 Å². The molecule has 3 fully saturated rings. The van der Waals surface area contributed by atoms with Crippen molar-refractivity contribution in [1.29, 1.82) is 0 Å². The Kier molecular flexibility index (Phi) is 8.47. The van der Waals surface area contributed by atoms with Gasteiger partial charge >= 0.3 is 0 Å². The molecule has 1 saturated heterocycles. The van der Waals surface area contributed by atoms with E-state index in [1.807, 2.05) is 29.2 Å². The summed E-state index contributed by atoms with van der Waals surface area (Å²) in [6.07, 6.45) is 13.6. The van der Waals surface area contributed by atoms with Crippen molar-refractivity contribution in [2.24, 2.45) is 4.99 Å². The lowest BCUT2D eigenvalue weighted by Crippen LogP contribution is -2.41. The van der Waals surface area contributed by atoms with Gasteiger partial charge in [0.1, 0.15) is 18.2 Å². The van der Waals surface area contributed by atoms with Gasteiger partial charge < -0.3 is 4.74 Å². The first-order valence-electron chi connectivity index (χ1n) is 13.0. The molecule has 0 unspecified atom stereocenters. The van der Waals surface area contributed by atoms with Gasteiger partial charge in [-0.05, 0) is 79.4 Å². The predicted octanol–water partition coefficient (Wildman–Crippen LogP) is 8.10. The molecule has 190 valence electrons. The number of rotatable bonds is 6. The molecule has 0 N–H and O–H groups in total. The molecule has 2 aromatic rings. The van der Waals surface area contributed by atoms with E-state index in [0.29, 0.717) is 23.3 Å². The molecule has 1 aliphatic heterocycles. The van der Waals surface area contributed by atoms with Crippen LogP contribution in [0.1, 0.15) is 75.3 Å². The van der Waals surface area contributed by atoms with E-state index in [0.717, 1.165) is 46.5 Å². The molecule has 5 rings (SSSR count). The maximum Gasteiger partial charge on any atom is 0.267 e. The standard InChI is InChI=1S/C29H32BrFN2O2S/c30-22-13-16-26(35-19-20-11-14-23(31)15-12-20)21(17-22)18-27-28(34)33(25-9-5-2-6-10-25)29(36-27)32-24-7-3-1-4-8-24/h11-18,24-25H,1-10,19H2. The fraction of sp³-hybridized carbons (Fsp3) is 0.448. The largest absolute Gasteiger partial charge is 0.488 e. The highest BCUT2D eigenvalue weighted by atomic mass is 79.9. The van der Waals surface area contributed by atoms with E-state index in [9.17, 15) is 9.18 Å². The molecule has 36 heavy (non-hydrogen) atoms. The van der Waals surface area contributed by atoms with Crippen LogP contribution < -0.4 is 4.74 Å². The fourth-order valence-electron chi connectivity index (χ4n) is 5.25. The number of thioether (sulfide) groups is 1. The Morgan fingerprint density at radius 1 is 1.00 bits per heavy atom. The molecule has 4 nitrogen and oxygen atoms in total. The van der Waals surface area contributed by atoms with Gasteiger partial charge in [0.15, 0.2) is 5.17 Å². The average Bonchev–Trinajstić information content (AvgIpc) is 3.19. The van der Waals surface area contributed by atoms with Crippen molar-refractivity contribution in [3.8, 4) is 5.75 Å². The Labute approximate surface area is 225 Å². The van der Waals surface area contributed by atoms with E-state index in [-0.39, 0.29) is 17.8 Å². The first-order valence-corrected chi connectivity index (χ1v) is 14.7. The van der Waals surface area contributed by atoms with Crippen LogP contribution in [-0.2, 0) is 11.4 Å². The number of amides is 1. The third-order valence-electron chi connectivity index (χ3n) is 7.21. The molecule has 2 aromatic carbocycles. The first-order chi connectivity index (χ1) is 17.6. The monoisotopic (exact) mass is 570 g/mol. The van der Waals surface area contributed by atoms with Crippen molar-refractivity contribution < 1.29 is 13.9 Å². The Morgan fingerprint density at radius 2 is 1.69 bits per heavy atom. The Morgan fingerprint density at radius 3 is 2.42 bits per heavy atom. The van der Waals surface area contributed by atoms with Crippen LogP contribution in [0, 0.1) is 5.82 Å². The number of ether oxygens (including phenoxy) is 1. The Bertz CT molecular complexity index is 1140. The van der Waals surface area contributed by atoms with E-state index in [1.54, 1.807) is 12.1 Å². The van der Waals surface area contributed by atoms with Gasteiger partial charge in [0.05, 0.1) is 10.9 Å². The number of aliphatic imine (C=N–C) groups is 1. The summed E-state index contributed by atoms with van der Waals surface area (Å²) < 4.78 is 20.3. The molecule has 1 amide bonds. The van der Waals surface area contributed by atoms with Crippen molar-refractivity contribution >= 4 is 44.8 Å². The number of hydrogen-bond donors (Lipinski definition) is 0. The van der Waals surface area contributed by atoms with Crippen LogP contribution in [0.3, 0.4) is 0 Å². The molecule has 7 heteroatoms. The highest BCUT2D eigenvalue weighted by Gasteiger charge is 2.39. The maximum absolute atomic E-state index is 13.7. The predicted molar refractivity (Wildman–Crippen MR) is 148 cm³/mol. The second kappa shape index (κ2) is 12.0. The fourth-order valence-corrected chi connectivity index (χ4v) is 6.73. The lowest BCUT2D eigenvalue weighted by atomic mass is 9.94. The van der Waals surface area contributed by atoms with Gasteiger partial charge in [0.25, 0.3) is 5.91 Å². The smallest absolute Gasteiger partial charge is 0.267 e. The molecule has 0 aromatic heterocycles. The summed E-state index contributed by atoms with van der Waals surface area (Å²) >= 11 is 5.08. The summed E-state index contributed by atoms with van der Waals surface area (Å²) in [7, 11) is 0. The average molecular weight is 572 g/mol. The van der Waals surface area contributed by atoms with Gasteiger partial charge in [0, 0.05) is 16.1 Å². The number of carbonyl (C=O) groups excluding carboxylic acids is 1. The number of nitrogens with zero attached hydrogens (tertiary/aromatic N) is 2. The van der Waals surface area contributed by atoms with Crippen molar-refractivity contribution in [1.82, 2.24) is 4.90 Å². The summed E-state index contributed by atoms with van der Waals surface area (Å²) in [4.78, 5) is 21.6. The minimum Gasteiger partial charge on any atom is -0.488 e. The number of benzene rings is 2. The normalized spacial score (nSPS) is 22.1. The van der Waals surface area contributed by atoms with Crippen LogP contribution in [0.15, 0.2) is 56.8 Å². The van der Waals surface area contributed by atoms with E-state index < -0.39 is 0 Å². The molecule has 0 spiro atoms. The van der Waals surface area contributed by atoms with Gasteiger partial charge in [-0.1, -0.05) is 66.6 Å². The van der Waals surface area contributed by atoms with Gasteiger partial charge in [-0.15, -0.1) is 0 Å². The van der Waals surface area contributed by atoms with Crippen molar-refractivity contribution in [2.75, 3.05) is 0 Å². The summed E-state index contributed by atoms with van der Waals surface area (Å²) in [6.45, 7) is 0.321. The third kappa shape index (κ3) is 6.23. The van der Waals surface area contributed by atoms with Gasteiger partial charge in [-0.2, -0.15) is 0 Å². The number of carbonyl (C=O) groups is 1. The first kappa shape index (κ1) is 25.5. The maximum atomic E-state index is 13.7. The summed E-state index contributed by atoms with van der Waals surface area (Å²) in [5.74, 6) is 0.481. The number of amidine groups is 1. The van der Waals surface area contributed by atoms with Crippen molar-refractivity contribution in [3.05, 3.63) is 68.8 Å². The van der Waals surface area contributed by atoms with Crippen molar-refractivity contribution in [2.45, 2.75) is 82.9 Å². The van der Waals surface area contributed by atoms with Gasteiger partial charge in [-0.25, -0.2) is 4.39 Å². The molecule has 0 atom stereocenters. The zero-order valence-electron chi connectivity index (χ0n) is 20.4. The van der Waals surface area contributed by atoms with Crippen LogP contribution in [0.25, 0.3) is 6.08 Å². The molecular weight excluding hydrogens is 539 g/mol. The number of halogens is 2. The summed E-state index contributed by atoms with van der Waals surface area (Å²) in [5.41, 5.74) is 1.72. The van der Waals surface area contributed by atoms with E-state index in [2.05, 4.69) is 15.9 Å². The lowest BCUT2D eigenvalue weighted by molar-refractivity contribution is -0.124. The zero-order valence-corrected chi connectivity index (χ0v) is 22.8. The molecule has 0 radical (unpaired) electrons. The number of hydrogen-bond acceptors (Lipinski definition) is 4. The molecule has 1 heterocycles. The lowest BCUT2D eigenvalue weighted by Gasteiger charge is -2.31. The van der Waals surface area contributed by atoms with E-state index in [1.165, 1.54) is 62.4 Å². The Balaban J connectivity index is 1.42. The van der Waals surface area contributed by atoms with E-state index in [4.69, 9.17) is 9.73 Å². The molecule has 3 aliphatic rings. The highest BCUT2D eigenvalue weighted by Crippen LogP contribution is 2.39. The van der Waals surface area contributed by atoms with Crippen LogP contribution in [0.2, 0.25) is 0 Å². The highest BCUT2D eigenvalue weighted by molar-refractivity contribution is 9.10.